The molecule has 2 amide bonds. The van der Waals surface area contributed by atoms with E-state index in [-0.39, 0.29) is 0 Å². The number of carbonyl (C=O) groups is 2. The Kier molecular flexibility index (Phi) is 6.14. The molecule has 100 valence electrons. The van der Waals surface area contributed by atoms with Gasteiger partial charge in [0.05, 0.1) is 6.54 Å². The second-order valence-electron chi connectivity index (χ2n) is 3.74. The fraction of sp³-hybridized carbons (Fsp3) is 0.455. The Labute approximate surface area is 118 Å². The van der Waals surface area contributed by atoms with E-state index < -0.39 is 18.0 Å². The number of urea groups is 1. The molecule has 1 aromatic rings. The summed E-state index contributed by atoms with van der Waals surface area (Å²) in [6, 6.07) is 0.622. The van der Waals surface area contributed by atoms with E-state index in [1.807, 2.05) is 18.4 Å². The Hall–Kier alpha value is -1.08. The van der Waals surface area contributed by atoms with Crippen LogP contribution < -0.4 is 10.6 Å². The number of carbonyl (C=O) groups excluding carboxylic acids is 1. The third-order valence-corrected chi connectivity index (χ3v) is 3.92. The second kappa shape index (κ2) is 7.38. The highest BCUT2D eigenvalue weighted by Gasteiger charge is 2.18. The van der Waals surface area contributed by atoms with Crippen LogP contribution in [0.3, 0.4) is 0 Å². The van der Waals surface area contributed by atoms with E-state index in [2.05, 4.69) is 26.6 Å². The number of thiophene rings is 1. The maximum Gasteiger partial charge on any atom is 0.326 e. The second-order valence-corrected chi connectivity index (χ2v) is 5.65. The van der Waals surface area contributed by atoms with Crippen molar-refractivity contribution in [3.8, 4) is 0 Å². The summed E-state index contributed by atoms with van der Waals surface area (Å²) >= 11 is 4.84. The standard InChI is InChI=1S/C11H15BrN2O3S/c1-2-3-9(10(15)16)14-11(17)13-5-8-4-7(12)6-18-8/h4,6,9H,2-3,5H2,1H3,(H,15,16)(H2,13,14,17). The Morgan fingerprint density at radius 3 is 2.78 bits per heavy atom. The van der Waals surface area contributed by atoms with Gasteiger partial charge >= 0.3 is 12.0 Å². The van der Waals surface area contributed by atoms with Crippen molar-refractivity contribution in [3.05, 3.63) is 20.8 Å². The van der Waals surface area contributed by atoms with E-state index in [4.69, 9.17) is 5.11 Å². The minimum absolute atomic E-state index is 0.389. The normalized spacial score (nSPS) is 11.9. The van der Waals surface area contributed by atoms with Gasteiger partial charge in [0.2, 0.25) is 0 Å². The first-order chi connectivity index (χ1) is 8.52. The zero-order valence-electron chi connectivity index (χ0n) is 9.90. The zero-order chi connectivity index (χ0) is 13.5. The van der Waals surface area contributed by atoms with Gasteiger partial charge in [-0.1, -0.05) is 13.3 Å². The van der Waals surface area contributed by atoms with Crippen LogP contribution in [0.2, 0.25) is 0 Å². The van der Waals surface area contributed by atoms with Crippen LogP contribution in [0.15, 0.2) is 15.9 Å². The molecule has 1 unspecified atom stereocenters. The number of hydrogen-bond acceptors (Lipinski definition) is 3. The predicted molar refractivity (Wildman–Crippen MR) is 73.7 cm³/mol. The highest BCUT2D eigenvalue weighted by Crippen LogP contribution is 2.19. The van der Waals surface area contributed by atoms with Gasteiger partial charge in [0.1, 0.15) is 6.04 Å². The summed E-state index contributed by atoms with van der Waals surface area (Å²) in [4.78, 5) is 23.4. The van der Waals surface area contributed by atoms with E-state index in [1.165, 1.54) is 11.3 Å². The van der Waals surface area contributed by atoms with Crippen molar-refractivity contribution >= 4 is 39.3 Å². The van der Waals surface area contributed by atoms with Crippen LogP contribution in [-0.2, 0) is 11.3 Å². The molecule has 1 heterocycles. The number of amides is 2. The molecule has 1 rings (SSSR count). The summed E-state index contributed by atoms with van der Waals surface area (Å²) in [6.45, 7) is 2.26. The third kappa shape index (κ3) is 5.05. The maximum atomic E-state index is 11.5. The topological polar surface area (TPSA) is 78.4 Å². The molecule has 0 aliphatic rings. The van der Waals surface area contributed by atoms with Gasteiger partial charge in [0.15, 0.2) is 0 Å². The van der Waals surface area contributed by atoms with E-state index in [1.54, 1.807) is 0 Å². The summed E-state index contributed by atoms with van der Waals surface area (Å²) in [5.41, 5.74) is 0. The van der Waals surface area contributed by atoms with Crippen LogP contribution in [0.25, 0.3) is 0 Å². The van der Waals surface area contributed by atoms with Crippen molar-refractivity contribution in [2.45, 2.75) is 32.4 Å². The van der Waals surface area contributed by atoms with Crippen molar-refractivity contribution in [3.63, 3.8) is 0 Å². The first kappa shape index (κ1) is 15.0. The Balaban J connectivity index is 2.38. The van der Waals surface area contributed by atoms with Crippen molar-refractivity contribution in [1.29, 1.82) is 0 Å². The number of rotatable bonds is 6. The summed E-state index contributed by atoms with van der Waals surface area (Å²) < 4.78 is 0.971. The van der Waals surface area contributed by atoms with Gasteiger partial charge in [0, 0.05) is 14.7 Å². The van der Waals surface area contributed by atoms with Crippen LogP contribution >= 0.6 is 27.3 Å². The molecule has 5 nitrogen and oxygen atoms in total. The molecular formula is C11H15BrN2O3S. The van der Waals surface area contributed by atoms with E-state index >= 15 is 0 Å². The molecule has 0 saturated heterocycles. The van der Waals surface area contributed by atoms with Gasteiger partial charge in [-0.2, -0.15) is 0 Å². The molecule has 1 aromatic heterocycles. The molecule has 0 bridgehead atoms. The van der Waals surface area contributed by atoms with E-state index in [9.17, 15) is 9.59 Å². The minimum Gasteiger partial charge on any atom is -0.480 e. The Morgan fingerprint density at radius 1 is 1.56 bits per heavy atom. The van der Waals surface area contributed by atoms with E-state index in [0.29, 0.717) is 19.4 Å². The number of aliphatic carboxylic acids is 1. The molecule has 18 heavy (non-hydrogen) atoms. The van der Waals surface area contributed by atoms with Crippen molar-refractivity contribution in [2.24, 2.45) is 0 Å². The van der Waals surface area contributed by atoms with Gasteiger partial charge in [-0.05, 0) is 28.4 Å². The Morgan fingerprint density at radius 2 is 2.28 bits per heavy atom. The van der Waals surface area contributed by atoms with Crippen LogP contribution in [0.1, 0.15) is 24.6 Å². The summed E-state index contributed by atoms with van der Waals surface area (Å²) in [5, 5.41) is 15.9. The average molecular weight is 335 g/mol. The van der Waals surface area contributed by atoms with Crippen LogP contribution in [0, 0.1) is 0 Å². The summed E-state index contributed by atoms with van der Waals surface area (Å²) in [6.07, 6.45) is 1.13. The lowest BCUT2D eigenvalue weighted by Crippen LogP contribution is -2.45. The lowest BCUT2D eigenvalue weighted by molar-refractivity contribution is -0.139. The molecular weight excluding hydrogens is 320 g/mol. The molecule has 0 aliphatic heterocycles. The average Bonchev–Trinajstić information content (AvgIpc) is 2.72. The lowest BCUT2D eigenvalue weighted by Gasteiger charge is -2.13. The quantitative estimate of drug-likeness (QED) is 0.748. The molecule has 0 radical (unpaired) electrons. The number of halogens is 1. The Bertz CT molecular complexity index is 422. The molecule has 0 spiro atoms. The van der Waals surface area contributed by atoms with Gasteiger partial charge in [-0.25, -0.2) is 9.59 Å². The SMILES string of the molecule is CCCC(NC(=O)NCc1cc(Br)cs1)C(=O)O. The number of nitrogens with one attached hydrogen (secondary N) is 2. The highest BCUT2D eigenvalue weighted by molar-refractivity contribution is 9.10. The minimum atomic E-state index is -1.01. The molecule has 0 fully saturated rings. The fourth-order valence-electron chi connectivity index (χ4n) is 1.37. The first-order valence-corrected chi connectivity index (χ1v) is 7.20. The van der Waals surface area contributed by atoms with Gasteiger partial charge in [-0.3, -0.25) is 0 Å². The zero-order valence-corrected chi connectivity index (χ0v) is 12.3. The number of carboxylic acids is 1. The number of carboxylic acid groups (broad SMARTS) is 1. The van der Waals surface area contributed by atoms with Crippen molar-refractivity contribution < 1.29 is 14.7 Å². The maximum absolute atomic E-state index is 11.5. The van der Waals surface area contributed by atoms with Gasteiger partial charge in [0.25, 0.3) is 0 Å². The van der Waals surface area contributed by atoms with Crippen molar-refractivity contribution in [2.75, 3.05) is 0 Å². The molecule has 0 saturated carbocycles. The molecule has 1 atom stereocenters. The monoisotopic (exact) mass is 334 g/mol. The molecule has 7 heteroatoms. The molecule has 0 aliphatic carbocycles. The molecule has 0 aromatic carbocycles. The van der Waals surface area contributed by atoms with Crippen molar-refractivity contribution in [1.82, 2.24) is 10.6 Å². The predicted octanol–water partition coefficient (Wildman–Crippen LogP) is 2.56. The first-order valence-electron chi connectivity index (χ1n) is 5.53. The third-order valence-electron chi connectivity index (χ3n) is 2.23. The fourth-order valence-corrected chi connectivity index (χ4v) is 2.76. The number of hydrogen-bond donors (Lipinski definition) is 3. The van der Waals surface area contributed by atoms with Gasteiger partial charge in [-0.15, -0.1) is 11.3 Å². The largest absolute Gasteiger partial charge is 0.480 e. The van der Waals surface area contributed by atoms with Crippen LogP contribution in [0.5, 0.6) is 0 Å². The smallest absolute Gasteiger partial charge is 0.326 e. The van der Waals surface area contributed by atoms with Gasteiger partial charge < -0.3 is 15.7 Å². The van der Waals surface area contributed by atoms with Crippen LogP contribution in [-0.4, -0.2) is 23.1 Å². The lowest BCUT2D eigenvalue weighted by atomic mass is 10.2. The summed E-state index contributed by atoms with van der Waals surface area (Å²) in [5.74, 6) is -1.01. The molecule has 3 N–H and O–H groups in total. The highest BCUT2D eigenvalue weighted by atomic mass is 79.9. The van der Waals surface area contributed by atoms with E-state index in [0.717, 1.165) is 9.35 Å². The summed E-state index contributed by atoms with van der Waals surface area (Å²) in [7, 11) is 0. The van der Waals surface area contributed by atoms with Crippen LogP contribution in [0.4, 0.5) is 4.79 Å².